The number of nitrogens with two attached hydrogens (primary N) is 2. The van der Waals surface area contributed by atoms with Crippen molar-refractivity contribution in [1.82, 2.24) is 21.3 Å². The Morgan fingerprint density at radius 2 is 1.31 bits per heavy atom. The largest absolute Gasteiger partial charge is 0.444 e. The fourth-order valence-electron chi connectivity index (χ4n) is 3.22. The minimum absolute atomic E-state index is 0.227. The molecule has 0 aliphatic carbocycles. The van der Waals surface area contributed by atoms with Crippen LogP contribution in [0, 0.1) is 0 Å². The molecule has 0 aliphatic rings. The van der Waals surface area contributed by atoms with Crippen LogP contribution < -0.4 is 32.7 Å². The van der Waals surface area contributed by atoms with E-state index < -0.39 is 29.8 Å². The standard InChI is InChI=1S/C24H48N6O5/c1-24(2,3)35-23(34)29-16-10-7-12-19(25)21(32)28-15-9-5-11-18(17-31)30-22(33)20(26)13-6-8-14-27-4/h17-20,27H,5-16,25-26H2,1-4H3,(H,28,32)(H,29,34)(H,30,33). The molecule has 3 unspecified atom stereocenters. The highest BCUT2D eigenvalue weighted by Crippen LogP contribution is 2.07. The topological polar surface area (TPSA) is 178 Å². The van der Waals surface area contributed by atoms with Crippen LogP contribution in [-0.4, -0.2) is 74.6 Å². The Kier molecular flexibility index (Phi) is 17.8. The van der Waals surface area contributed by atoms with Crippen molar-refractivity contribution >= 4 is 24.2 Å². The van der Waals surface area contributed by atoms with E-state index in [1.165, 1.54) is 0 Å². The molecule has 0 radical (unpaired) electrons. The van der Waals surface area contributed by atoms with Gasteiger partial charge in [0.1, 0.15) is 11.9 Å². The first-order valence-electron chi connectivity index (χ1n) is 12.7. The zero-order valence-electron chi connectivity index (χ0n) is 22.0. The number of alkyl carbamates (subject to hydrolysis) is 1. The second-order valence-corrected chi connectivity index (χ2v) is 9.77. The van der Waals surface area contributed by atoms with E-state index >= 15 is 0 Å². The number of amides is 3. The van der Waals surface area contributed by atoms with Crippen molar-refractivity contribution in [3.8, 4) is 0 Å². The van der Waals surface area contributed by atoms with Gasteiger partial charge in [-0.1, -0.05) is 6.42 Å². The van der Waals surface area contributed by atoms with Crippen molar-refractivity contribution < 1.29 is 23.9 Å². The van der Waals surface area contributed by atoms with Gasteiger partial charge in [-0.25, -0.2) is 4.79 Å². The minimum Gasteiger partial charge on any atom is -0.444 e. The normalized spacial score (nSPS) is 13.9. The fourth-order valence-corrected chi connectivity index (χ4v) is 3.22. The molecule has 8 N–H and O–H groups in total. The lowest BCUT2D eigenvalue weighted by Crippen LogP contribution is -2.46. The van der Waals surface area contributed by atoms with Gasteiger partial charge in [0.2, 0.25) is 11.8 Å². The van der Waals surface area contributed by atoms with E-state index in [2.05, 4.69) is 21.3 Å². The molecule has 11 nitrogen and oxygen atoms in total. The molecule has 11 heteroatoms. The molecule has 35 heavy (non-hydrogen) atoms. The number of carbonyl (C=O) groups is 4. The average molecular weight is 501 g/mol. The van der Waals surface area contributed by atoms with Crippen molar-refractivity contribution in [2.75, 3.05) is 26.7 Å². The molecule has 0 rings (SSSR count). The number of rotatable bonds is 19. The van der Waals surface area contributed by atoms with Crippen molar-refractivity contribution in [1.29, 1.82) is 0 Å². The van der Waals surface area contributed by atoms with Crippen molar-refractivity contribution in [2.24, 2.45) is 11.5 Å². The maximum absolute atomic E-state index is 12.1. The molecule has 3 atom stereocenters. The highest BCUT2D eigenvalue weighted by molar-refractivity contribution is 5.84. The van der Waals surface area contributed by atoms with Gasteiger partial charge in [0.05, 0.1) is 18.1 Å². The van der Waals surface area contributed by atoms with Gasteiger partial charge in [0.25, 0.3) is 0 Å². The van der Waals surface area contributed by atoms with Crippen LogP contribution in [0.5, 0.6) is 0 Å². The number of nitrogens with one attached hydrogen (secondary N) is 4. The monoisotopic (exact) mass is 500 g/mol. The summed E-state index contributed by atoms with van der Waals surface area (Å²) in [5.74, 6) is -0.540. The van der Waals surface area contributed by atoms with E-state index in [0.717, 1.165) is 25.7 Å². The van der Waals surface area contributed by atoms with E-state index in [-0.39, 0.29) is 11.8 Å². The van der Waals surface area contributed by atoms with E-state index in [1.807, 2.05) is 7.05 Å². The predicted octanol–water partition coefficient (Wildman–Crippen LogP) is 0.696. The van der Waals surface area contributed by atoms with Gasteiger partial charge in [0, 0.05) is 13.1 Å². The maximum Gasteiger partial charge on any atom is 0.407 e. The summed E-state index contributed by atoms with van der Waals surface area (Å²) in [5, 5.41) is 11.2. The van der Waals surface area contributed by atoms with Crippen LogP contribution in [0.2, 0.25) is 0 Å². The zero-order chi connectivity index (χ0) is 26.7. The summed E-state index contributed by atoms with van der Waals surface area (Å²) in [6, 6.07) is -1.82. The van der Waals surface area contributed by atoms with Gasteiger partial charge in [-0.3, -0.25) is 9.59 Å². The summed E-state index contributed by atoms with van der Waals surface area (Å²) in [4.78, 5) is 47.1. The van der Waals surface area contributed by atoms with Gasteiger partial charge in [-0.05, 0) is 85.7 Å². The summed E-state index contributed by atoms with van der Waals surface area (Å²) in [6.45, 7) is 7.17. The molecule has 0 spiro atoms. The summed E-state index contributed by atoms with van der Waals surface area (Å²) < 4.78 is 5.15. The number of unbranched alkanes of at least 4 members (excludes halogenated alkanes) is 3. The highest BCUT2D eigenvalue weighted by Gasteiger charge is 2.18. The Labute approximate surface area is 210 Å². The Balaban J connectivity index is 3.92. The van der Waals surface area contributed by atoms with Gasteiger partial charge >= 0.3 is 6.09 Å². The van der Waals surface area contributed by atoms with E-state index in [4.69, 9.17) is 16.2 Å². The molecule has 204 valence electrons. The summed E-state index contributed by atoms with van der Waals surface area (Å²) in [5.41, 5.74) is 11.3. The zero-order valence-corrected chi connectivity index (χ0v) is 22.0. The third-order valence-electron chi connectivity index (χ3n) is 5.21. The molecular formula is C24H48N6O5. The number of aldehydes is 1. The molecule has 0 fully saturated rings. The van der Waals surface area contributed by atoms with Gasteiger partial charge in [0.15, 0.2) is 0 Å². The van der Waals surface area contributed by atoms with Crippen molar-refractivity contribution in [3.05, 3.63) is 0 Å². The number of hydrogen-bond donors (Lipinski definition) is 6. The lowest BCUT2D eigenvalue weighted by molar-refractivity contribution is -0.125. The van der Waals surface area contributed by atoms with Crippen LogP contribution in [0.15, 0.2) is 0 Å². The van der Waals surface area contributed by atoms with Crippen LogP contribution in [0.1, 0.15) is 78.6 Å². The Bertz CT molecular complexity index is 626. The molecule has 0 aromatic rings. The third kappa shape index (κ3) is 18.7. The maximum atomic E-state index is 12.1. The minimum atomic E-state index is -0.622. The van der Waals surface area contributed by atoms with E-state index in [0.29, 0.717) is 58.0 Å². The van der Waals surface area contributed by atoms with Crippen LogP contribution >= 0.6 is 0 Å². The number of hydrogen-bond acceptors (Lipinski definition) is 8. The predicted molar refractivity (Wildman–Crippen MR) is 137 cm³/mol. The first kappa shape index (κ1) is 32.8. The van der Waals surface area contributed by atoms with Gasteiger partial charge < -0.3 is 42.3 Å². The second kappa shape index (κ2) is 19.0. The lowest BCUT2D eigenvalue weighted by Gasteiger charge is -2.19. The van der Waals surface area contributed by atoms with E-state index in [1.54, 1.807) is 20.8 Å². The Morgan fingerprint density at radius 1 is 0.800 bits per heavy atom. The third-order valence-corrected chi connectivity index (χ3v) is 5.21. The second-order valence-electron chi connectivity index (χ2n) is 9.77. The number of carbonyl (C=O) groups excluding carboxylic acids is 4. The van der Waals surface area contributed by atoms with Crippen LogP contribution in [-0.2, 0) is 19.1 Å². The number of ether oxygens (including phenoxy) is 1. The molecule has 0 aromatic heterocycles. The van der Waals surface area contributed by atoms with Gasteiger partial charge in [-0.15, -0.1) is 0 Å². The molecule has 0 aromatic carbocycles. The van der Waals surface area contributed by atoms with Crippen molar-refractivity contribution in [3.63, 3.8) is 0 Å². The molecule has 0 bridgehead atoms. The molecule has 0 saturated heterocycles. The first-order valence-corrected chi connectivity index (χ1v) is 12.7. The van der Waals surface area contributed by atoms with Gasteiger partial charge in [-0.2, -0.15) is 0 Å². The quantitative estimate of drug-likeness (QED) is 0.111. The molecular weight excluding hydrogens is 452 g/mol. The first-order chi connectivity index (χ1) is 16.5. The molecule has 0 heterocycles. The summed E-state index contributed by atoms with van der Waals surface area (Å²) in [6.07, 6.45) is 6.32. The van der Waals surface area contributed by atoms with Crippen LogP contribution in [0.4, 0.5) is 4.79 Å². The summed E-state index contributed by atoms with van der Waals surface area (Å²) >= 11 is 0. The fraction of sp³-hybridized carbons (Fsp3) is 0.833. The molecule has 0 saturated carbocycles. The molecule has 3 amide bonds. The van der Waals surface area contributed by atoms with Crippen LogP contribution in [0.3, 0.4) is 0 Å². The van der Waals surface area contributed by atoms with Crippen molar-refractivity contribution in [2.45, 2.75) is 102 Å². The lowest BCUT2D eigenvalue weighted by atomic mass is 10.1. The summed E-state index contributed by atoms with van der Waals surface area (Å²) in [7, 11) is 1.87. The smallest absolute Gasteiger partial charge is 0.407 e. The van der Waals surface area contributed by atoms with Crippen LogP contribution in [0.25, 0.3) is 0 Å². The highest BCUT2D eigenvalue weighted by atomic mass is 16.6. The molecule has 0 aliphatic heterocycles. The van der Waals surface area contributed by atoms with E-state index in [9.17, 15) is 19.2 Å². The Hall–Kier alpha value is -2.24. The SMILES string of the molecule is CNCCCCC(N)C(=O)NC(C=O)CCCCNC(=O)C(N)CCCCNC(=O)OC(C)(C)C. The average Bonchev–Trinajstić information content (AvgIpc) is 2.78. The Morgan fingerprint density at radius 3 is 1.86 bits per heavy atom.